The predicted molar refractivity (Wildman–Crippen MR) is 243 cm³/mol. The number of rotatable bonds is 4. The Kier molecular flexibility index (Phi) is 20.4. The minimum Gasteiger partial charge on any atom is -0.427 e. The zero-order valence-corrected chi connectivity index (χ0v) is 34.8. The molecule has 2 heterocycles. The Morgan fingerprint density at radius 1 is 0.304 bits per heavy atom. The molecule has 0 radical (unpaired) electrons. The van der Waals surface area contributed by atoms with Gasteiger partial charge in [-0.05, 0) is 49.6 Å². The number of hydrogen-bond acceptors (Lipinski definition) is 8. The second-order valence-electron chi connectivity index (χ2n) is 11.5. The Labute approximate surface area is 346 Å². The maximum absolute atomic E-state index is 7.61. The van der Waals surface area contributed by atoms with Crippen LogP contribution in [0.3, 0.4) is 0 Å². The van der Waals surface area contributed by atoms with Gasteiger partial charge in [0.2, 0.25) is 0 Å². The smallest absolute Gasteiger partial charge is 0.427 e. The topological polar surface area (TPSA) is 132 Å². The van der Waals surface area contributed by atoms with E-state index < -0.39 is 14.2 Å². The first-order valence-corrected chi connectivity index (χ1v) is 20.7. The van der Waals surface area contributed by atoms with Gasteiger partial charge in [0, 0.05) is 22.3 Å². The average Bonchev–Trinajstić information content (AvgIpc) is 3.25. The largest absolute Gasteiger partial charge is 0.448 e. The van der Waals surface area contributed by atoms with Crippen LogP contribution in [0.1, 0.15) is 0 Å². The van der Waals surface area contributed by atoms with Crippen molar-refractivity contribution in [2.75, 3.05) is 11.7 Å². The van der Waals surface area contributed by atoms with E-state index in [1.54, 1.807) is 0 Å². The monoisotopic (exact) mass is 872 g/mol. The molecule has 4 N–H and O–H groups in total. The van der Waals surface area contributed by atoms with Crippen molar-refractivity contribution < 1.29 is 20.1 Å². The third-order valence-corrected chi connectivity index (χ3v) is 7.33. The molecule has 0 unspecified atom stereocenters. The molecule has 0 atom stereocenters. The van der Waals surface area contributed by atoms with Crippen LogP contribution in [-0.2, 0) is 0 Å². The second kappa shape index (κ2) is 25.2. The van der Waals surface area contributed by atoms with Crippen LogP contribution in [-0.4, -0.2) is 65.9 Å². The lowest BCUT2D eigenvalue weighted by atomic mass is 9.99. The van der Waals surface area contributed by atoms with Gasteiger partial charge >= 0.3 is 14.2 Å². The molecule has 0 fully saturated rings. The van der Waals surface area contributed by atoms with E-state index in [9.17, 15) is 0 Å². The van der Waals surface area contributed by atoms with Crippen molar-refractivity contribution in [1.29, 1.82) is 0 Å². The van der Waals surface area contributed by atoms with Crippen molar-refractivity contribution in [3.05, 3.63) is 170 Å². The molecule has 12 heteroatoms. The predicted octanol–water partition coefficient (Wildman–Crippen LogP) is 10.1. The lowest BCUT2D eigenvalue weighted by Gasteiger charge is -2.10. The third-order valence-electron chi connectivity index (χ3n) is 7.33. The van der Waals surface area contributed by atoms with E-state index in [1.807, 2.05) is 133 Å². The number of halogens is 2. The highest BCUT2D eigenvalue weighted by atomic mass is 79.9. The molecule has 284 valence electrons. The third kappa shape index (κ3) is 14.2. The number of fused-ring (bicyclic) bond motifs is 2. The molecule has 0 saturated heterocycles. The first kappa shape index (κ1) is 45.3. The van der Waals surface area contributed by atoms with Crippen molar-refractivity contribution in [1.82, 2.24) is 19.9 Å². The summed E-state index contributed by atoms with van der Waals surface area (Å²) >= 11 is 5.88. The second-order valence-corrected chi connectivity index (χ2v) is 11.5. The highest BCUT2D eigenvalue weighted by Crippen LogP contribution is 2.32. The Bertz CT molecular complexity index is 1970. The summed E-state index contributed by atoms with van der Waals surface area (Å²) in [4.78, 5) is 19.4. The van der Waals surface area contributed by atoms with E-state index in [0.29, 0.717) is 0 Å². The first-order chi connectivity index (χ1) is 27.3. The molecule has 0 aliphatic heterocycles. The van der Waals surface area contributed by atoms with E-state index in [-0.39, 0.29) is 0 Å². The Morgan fingerprint density at radius 3 is 0.607 bits per heavy atom. The molecule has 0 saturated carbocycles. The maximum atomic E-state index is 7.61. The van der Waals surface area contributed by atoms with Gasteiger partial charge in [0.05, 0.1) is 44.8 Å². The normalized spacial score (nSPS) is 9.61. The van der Waals surface area contributed by atoms with Crippen LogP contribution in [0.25, 0.3) is 67.1 Å². The van der Waals surface area contributed by atoms with Crippen molar-refractivity contribution in [2.45, 2.75) is 13.6 Å². The quantitative estimate of drug-likeness (QED) is 0.102. The van der Waals surface area contributed by atoms with Gasteiger partial charge in [-0.25, -0.2) is 19.9 Å². The van der Waals surface area contributed by atoms with Crippen molar-refractivity contribution in [3.63, 3.8) is 0 Å². The summed E-state index contributed by atoms with van der Waals surface area (Å²) in [7, 11) is -2.33. The zero-order valence-electron chi connectivity index (χ0n) is 31.7. The van der Waals surface area contributed by atoms with Gasteiger partial charge in [-0.15, -0.1) is 0 Å². The van der Waals surface area contributed by atoms with Crippen LogP contribution < -0.4 is 0 Å². The molecule has 56 heavy (non-hydrogen) atoms. The van der Waals surface area contributed by atoms with Crippen LogP contribution in [0.15, 0.2) is 170 Å². The molecule has 0 spiro atoms. The molecule has 8 aromatic rings. The fourth-order valence-corrected chi connectivity index (χ4v) is 5.19. The number of nitrogens with zero attached hydrogens (tertiary/aromatic N) is 4. The van der Waals surface area contributed by atoms with Crippen LogP contribution >= 0.6 is 31.9 Å². The molecule has 0 bridgehead atoms. The van der Waals surface area contributed by atoms with Crippen LogP contribution in [0.5, 0.6) is 0 Å². The maximum Gasteiger partial charge on any atom is 0.448 e. The van der Waals surface area contributed by atoms with Crippen LogP contribution in [0.2, 0.25) is 13.6 Å². The first-order valence-electron chi connectivity index (χ1n) is 17.5. The Balaban J connectivity index is 0.000000235. The van der Waals surface area contributed by atoms with Crippen molar-refractivity contribution >= 4 is 68.2 Å². The van der Waals surface area contributed by atoms with Gasteiger partial charge in [0.15, 0.2) is 0 Å². The molecule has 8 rings (SSSR count). The number of benzene rings is 6. The fraction of sp³-hybridized carbons (Fsp3) is 0.0909. The molecule has 0 aliphatic carbocycles. The molecule has 0 aliphatic rings. The zero-order chi connectivity index (χ0) is 40.7. The summed E-state index contributed by atoms with van der Waals surface area (Å²) in [5.41, 5.74) is 11.7. The van der Waals surface area contributed by atoms with E-state index >= 15 is 0 Å². The van der Waals surface area contributed by atoms with Gasteiger partial charge in [0.1, 0.15) is 0 Å². The highest BCUT2D eigenvalue weighted by molar-refractivity contribution is 9.09. The molecule has 6 aromatic carbocycles. The summed E-state index contributed by atoms with van der Waals surface area (Å²) in [6.45, 7) is 2.56. The minimum atomic E-state index is -1.17. The summed E-state index contributed by atoms with van der Waals surface area (Å²) in [6, 6.07) is 56.9. The summed E-state index contributed by atoms with van der Waals surface area (Å²) in [6.07, 6.45) is 0. The van der Waals surface area contributed by atoms with Crippen LogP contribution in [0, 0.1) is 0 Å². The van der Waals surface area contributed by atoms with Crippen LogP contribution in [0.4, 0.5) is 0 Å². The minimum absolute atomic E-state index is 0.918. The van der Waals surface area contributed by atoms with Gasteiger partial charge in [-0.1, -0.05) is 177 Å². The standard InChI is InChI=1S/2C20H14N2.2CH5BO2.2CH3Br/c2*1-3-9-15(10-4-1)19-20(16-11-5-2-6-12-16)22-18-14-8-7-13-17(18)21-19;2*1-2(3)4;2*1-2/h2*1-14H;2*3-4H,1H3;2*1H3. The van der Waals surface area contributed by atoms with Crippen molar-refractivity contribution in [2.24, 2.45) is 0 Å². The lowest BCUT2D eigenvalue weighted by molar-refractivity contribution is 0.415. The number of hydrogen-bond donors (Lipinski definition) is 4. The average molecular weight is 874 g/mol. The van der Waals surface area contributed by atoms with E-state index in [0.717, 1.165) is 67.1 Å². The molecule has 0 amide bonds. The van der Waals surface area contributed by atoms with Gasteiger partial charge < -0.3 is 20.1 Å². The van der Waals surface area contributed by atoms with Crippen molar-refractivity contribution in [3.8, 4) is 45.0 Å². The SMILES string of the molecule is CB(O)O.CB(O)O.CBr.CBr.c1ccc(-c2nc3ccccc3nc2-c2ccccc2)cc1.c1ccc(-c2nc3ccccc3nc2-c2ccccc2)cc1. The summed E-state index contributed by atoms with van der Waals surface area (Å²) < 4.78 is 0. The van der Waals surface area contributed by atoms with E-state index in [4.69, 9.17) is 40.0 Å². The number of para-hydroxylation sites is 4. The van der Waals surface area contributed by atoms with E-state index in [1.165, 1.54) is 13.6 Å². The fourth-order valence-electron chi connectivity index (χ4n) is 5.19. The highest BCUT2D eigenvalue weighted by Gasteiger charge is 2.13. The molecule has 8 nitrogen and oxygen atoms in total. The van der Waals surface area contributed by atoms with E-state index in [2.05, 4.69) is 80.4 Å². The van der Waals surface area contributed by atoms with Gasteiger partial charge in [-0.3, -0.25) is 0 Å². The lowest BCUT2D eigenvalue weighted by Crippen LogP contribution is -2.00. The number of aromatic nitrogens is 4. The Hall–Kier alpha value is -5.07. The molecule has 2 aromatic heterocycles. The molecular formula is C44H44B2Br2N4O4. The summed E-state index contributed by atoms with van der Waals surface area (Å²) in [5.74, 6) is 3.62. The molecular weight excluding hydrogens is 830 g/mol. The van der Waals surface area contributed by atoms with Gasteiger partial charge in [0.25, 0.3) is 0 Å². The number of alkyl halides is 2. The summed E-state index contributed by atoms with van der Waals surface area (Å²) in [5, 5.41) is 30.4. The van der Waals surface area contributed by atoms with Gasteiger partial charge in [-0.2, -0.15) is 0 Å². The Morgan fingerprint density at radius 2 is 0.446 bits per heavy atom.